The molecule has 22 heavy (non-hydrogen) atoms. The zero-order valence-corrected chi connectivity index (χ0v) is 13.4. The van der Waals surface area contributed by atoms with Gasteiger partial charge in [0, 0.05) is 31.5 Å². The fourth-order valence-electron chi connectivity index (χ4n) is 3.65. The van der Waals surface area contributed by atoms with Gasteiger partial charge >= 0.3 is 0 Å². The van der Waals surface area contributed by atoms with Gasteiger partial charge in [0.25, 0.3) is 5.91 Å². The van der Waals surface area contributed by atoms with E-state index in [9.17, 15) is 9.90 Å². The number of carbonyl (C=O) groups excluding carboxylic acids is 1. The van der Waals surface area contributed by atoms with Gasteiger partial charge in [-0.2, -0.15) is 5.26 Å². The van der Waals surface area contributed by atoms with Gasteiger partial charge in [0.2, 0.25) is 0 Å². The van der Waals surface area contributed by atoms with Crippen LogP contribution in [0.1, 0.15) is 41.4 Å². The van der Waals surface area contributed by atoms with Crippen molar-refractivity contribution in [3.8, 4) is 6.07 Å². The third-order valence-electron chi connectivity index (χ3n) is 5.07. The molecule has 0 bridgehead atoms. The highest BCUT2D eigenvalue weighted by atomic mass is 32.1. The lowest BCUT2D eigenvalue weighted by molar-refractivity contribution is -0.207. The Bertz CT molecular complexity index is 597. The van der Waals surface area contributed by atoms with Gasteiger partial charge < -0.3 is 14.7 Å². The van der Waals surface area contributed by atoms with Crippen LogP contribution in [0.3, 0.4) is 0 Å². The molecule has 118 valence electrons. The molecule has 3 rings (SSSR count). The lowest BCUT2D eigenvalue weighted by Gasteiger charge is -2.56. The maximum absolute atomic E-state index is 12.5. The first-order chi connectivity index (χ1) is 10.6. The van der Waals surface area contributed by atoms with E-state index in [1.54, 1.807) is 16.3 Å². The number of carbonyl (C=O) groups is 1. The van der Waals surface area contributed by atoms with Crippen LogP contribution in [-0.2, 0) is 4.74 Å². The Hall–Kier alpha value is -1.42. The normalized spacial score (nSPS) is 26.5. The Kier molecular flexibility index (Phi) is 4.22. The summed E-state index contributed by atoms with van der Waals surface area (Å²) >= 11 is 1.32. The topological polar surface area (TPSA) is 73.6 Å². The van der Waals surface area contributed by atoms with Crippen LogP contribution < -0.4 is 0 Å². The van der Waals surface area contributed by atoms with Gasteiger partial charge in [0.1, 0.15) is 10.9 Å². The van der Waals surface area contributed by atoms with E-state index in [1.165, 1.54) is 11.3 Å². The Morgan fingerprint density at radius 2 is 2.32 bits per heavy atom. The quantitative estimate of drug-likeness (QED) is 0.924. The van der Waals surface area contributed by atoms with Crippen molar-refractivity contribution in [2.45, 2.75) is 38.4 Å². The average Bonchev–Trinajstić information content (AvgIpc) is 3.03. The Labute approximate surface area is 134 Å². The van der Waals surface area contributed by atoms with Gasteiger partial charge in [-0.3, -0.25) is 4.79 Å². The largest absolute Gasteiger partial charge is 0.392 e. The summed E-state index contributed by atoms with van der Waals surface area (Å²) in [5.74, 6) is -0.0665. The number of ether oxygens (including phenoxy) is 1. The van der Waals surface area contributed by atoms with Crippen molar-refractivity contribution >= 4 is 17.2 Å². The van der Waals surface area contributed by atoms with E-state index in [0.717, 1.165) is 12.8 Å². The molecule has 2 fully saturated rings. The minimum absolute atomic E-state index is 0.0665. The zero-order valence-electron chi connectivity index (χ0n) is 12.6. The first-order valence-electron chi connectivity index (χ1n) is 7.69. The highest BCUT2D eigenvalue weighted by Crippen LogP contribution is 2.51. The van der Waals surface area contributed by atoms with Crippen molar-refractivity contribution in [3.05, 3.63) is 21.9 Å². The number of hydrogen-bond donors (Lipinski definition) is 1. The summed E-state index contributed by atoms with van der Waals surface area (Å²) in [6.07, 6.45) is 2.01. The fraction of sp³-hybridized carbons (Fsp3) is 0.625. The van der Waals surface area contributed by atoms with E-state index in [4.69, 9.17) is 10.00 Å². The SMILES string of the molecule is CCOC1CC(O)C12CCN(C(=O)c1sccc1C#N)CC2. The summed E-state index contributed by atoms with van der Waals surface area (Å²) in [5.41, 5.74) is 0.270. The van der Waals surface area contributed by atoms with Crippen LogP contribution >= 0.6 is 11.3 Å². The van der Waals surface area contributed by atoms with Crippen LogP contribution in [-0.4, -0.2) is 47.8 Å². The molecule has 1 spiro atoms. The second-order valence-electron chi connectivity index (χ2n) is 6.00. The average molecular weight is 320 g/mol. The maximum atomic E-state index is 12.5. The summed E-state index contributed by atoms with van der Waals surface area (Å²) in [4.78, 5) is 14.9. The highest BCUT2D eigenvalue weighted by molar-refractivity contribution is 7.12. The minimum atomic E-state index is -0.322. The van der Waals surface area contributed by atoms with Gasteiger partial charge in [0.05, 0.1) is 17.8 Å². The third kappa shape index (κ3) is 2.34. The molecule has 1 aliphatic carbocycles. The van der Waals surface area contributed by atoms with Crippen molar-refractivity contribution in [2.24, 2.45) is 5.41 Å². The summed E-state index contributed by atoms with van der Waals surface area (Å²) in [5, 5.41) is 21.0. The van der Waals surface area contributed by atoms with E-state index >= 15 is 0 Å². The first kappa shape index (κ1) is 15.5. The molecule has 1 saturated heterocycles. The Morgan fingerprint density at radius 3 is 2.91 bits per heavy atom. The number of nitriles is 1. The fourth-order valence-corrected chi connectivity index (χ4v) is 4.46. The second-order valence-corrected chi connectivity index (χ2v) is 6.91. The summed E-state index contributed by atoms with van der Waals surface area (Å²) in [6, 6.07) is 3.75. The lowest BCUT2D eigenvalue weighted by Crippen LogP contribution is -2.62. The van der Waals surface area contributed by atoms with Gasteiger partial charge in [-0.25, -0.2) is 0 Å². The van der Waals surface area contributed by atoms with Gasteiger partial charge in [0.15, 0.2) is 0 Å². The molecule has 1 aromatic heterocycles. The van der Waals surface area contributed by atoms with E-state index in [1.807, 2.05) is 6.92 Å². The van der Waals surface area contributed by atoms with Crippen molar-refractivity contribution in [2.75, 3.05) is 19.7 Å². The predicted octanol–water partition coefficient (Wildman–Crippen LogP) is 2.01. The third-order valence-corrected chi connectivity index (χ3v) is 5.97. The maximum Gasteiger partial charge on any atom is 0.265 e. The molecule has 1 amide bonds. The summed E-state index contributed by atoms with van der Waals surface area (Å²) < 4.78 is 5.74. The monoisotopic (exact) mass is 320 g/mol. The lowest BCUT2D eigenvalue weighted by atomic mass is 9.58. The van der Waals surface area contributed by atoms with Crippen LogP contribution in [0.5, 0.6) is 0 Å². The van der Waals surface area contributed by atoms with E-state index < -0.39 is 0 Å². The Balaban J connectivity index is 1.67. The zero-order chi connectivity index (χ0) is 15.7. The van der Waals surface area contributed by atoms with E-state index in [-0.39, 0.29) is 23.5 Å². The predicted molar refractivity (Wildman–Crippen MR) is 82.6 cm³/mol. The minimum Gasteiger partial charge on any atom is -0.392 e. The molecular weight excluding hydrogens is 300 g/mol. The molecule has 5 nitrogen and oxygen atoms in total. The molecule has 1 aliphatic heterocycles. The first-order valence-corrected chi connectivity index (χ1v) is 8.57. The summed E-state index contributed by atoms with van der Waals surface area (Å²) in [7, 11) is 0. The van der Waals surface area contributed by atoms with Crippen LogP contribution in [0.15, 0.2) is 11.4 Å². The van der Waals surface area contributed by atoms with Crippen molar-refractivity contribution in [3.63, 3.8) is 0 Å². The molecule has 1 N–H and O–H groups in total. The number of aliphatic hydroxyl groups excluding tert-OH is 1. The number of nitrogens with zero attached hydrogens (tertiary/aromatic N) is 2. The van der Waals surface area contributed by atoms with Crippen molar-refractivity contribution < 1.29 is 14.6 Å². The van der Waals surface area contributed by atoms with Crippen molar-refractivity contribution in [1.82, 2.24) is 4.90 Å². The highest BCUT2D eigenvalue weighted by Gasteiger charge is 2.56. The number of thiophene rings is 1. The number of hydrogen-bond acceptors (Lipinski definition) is 5. The molecule has 1 saturated carbocycles. The number of amides is 1. The second kappa shape index (κ2) is 5.99. The van der Waals surface area contributed by atoms with Gasteiger partial charge in [-0.1, -0.05) is 0 Å². The molecule has 1 aromatic rings. The molecular formula is C16H20N2O3S. The molecule has 0 aromatic carbocycles. The summed E-state index contributed by atoms with van der Waals surface area (Å²) in [6.45, 7) is 3.85. The standard InChI is InChI=1S/C16H20N2O3S/c1-2-21-13-9-12(19)16(13)4-6-18(7-5-16)15(20)14-11(10-17)3-8-22-14/h3,8,12-13,19H,2,4-7,9H2,1H3. The van der Waals surface area contributed by atoms with Crippen molar-refractivity contribution in [1.29, 1.82) is 5.26 Å². The van der Waals surface area contributed by atoms with Crippen LogP contribution in [0.25, 0.3) is 0 Å². The van der Waals surface area contributed by atoms with Crippen LogP contribution in [0.4, 0.5) is 0 Å². The molecule has 6 heteroatoms. The molecule has 2 atom stereocenters. The molecule has 2 unspecified atom stereocenters. The van der Waals surface area contributed by atoms with Gasteiger partial charge in [-0.05, 0) is 31.2 Å². The number of rotatable bonds is 3. The smallest absolute Gasteiger partial charge is 0.265 e. The number of piperidine rings is 1. The number of aliphatic hydroxyl groups is 1. The Morgan fingerprint density at radius 1 is 1.59 bits per heavy atom. The van der Waals surface area contributed by atoms with E-state index in [0.29, 0.717) is 36.6 Å². The van der Waals surface area contributed by atoms with Crippen LogP contribution in [0, 0.1) is 16.7 Å². The molecule has 0 radical (unpaired) electrons. The molecule has 2 heterocycles. The number of likely N-dealkylation sites (tertiary alicyclic amines) is 1. The molecule has 2 aliphatic rings. The van der Waals surface area contributed by atoms with Crippen LogP contribution in [0.2, 0.25) is 0 Å². The van der Waals surface area contributed by atoms with Gasteiger partial charge in [-0.15, -0.1) is 11.3 Å². The van der Waals surface area contributed by atoms with E-state index in [2.05, 4.69) is 6.07 Å².